The molecule has 0 saturated carbocycles. The quantitative estimate of drug-likeness (QED) is 0.829. The summed E-state index contributed by atoms with van der Waals surface area (Å²) in [4.78, 5) is 14.1. The molecule has 4 nitrogen and oxygen atoms in total. The van der Waals surface area contributed by atoms with Gasteiger partial charge in [0.25, 0.3) is 5.91 Å². The zero-order chi connectivity index (χ0) is 14.7. The van der Waals surface area contributed by atoms with E-state index in [0.29, 0.717) is 12.5 Å². The van der Waals surface area contributed by atoms with E-state index in [-0.39, 0.29) is 5.56 Å². The highest BCUT2D eigenvalue weighted by Crippen LogP contribution is 2.18. The fourth-order valence-electron chi connectivity index (χ4n) is 2.49. The molecule has 0 aliphatic carbocycles. The van der Waals surface area contributed by atoms with Gasteiger partial charge in [-0.3, -0.25) is 4.79 Å². The van der Waals surface area contributed by atoms with E-state index in [9.17, 15) is 13.6 Å². The number of halogens is 2. The molecule has 0 spiro atoms. The number of nitrogen functional groups attached to an aromatic ring is 1. The van der Waals surface area contributed by atoms with Crippen LogP contribution < -0.4 is 11.1 Å². The summed E-state index contributed by atoms with van der Waals surface area (Å²) in [6.45, 7) is 2.50. The van der Waals surface area contributed by atoms with Crippen LogP contribution in [0.5, 0.6) is 0 Å². The van der Waals surface area contributed by atoms with Gasteiger partial charge in [0.1, 0.15) is 17.3 Å². The molecule has 2 rings (SSSR count). The number of hydrogen-bond donors (Lipinski definition) is 2. The molecule has 1 unspecified atom stereocenters. The van der Waals surface area contributed by atoms with Crippen molar-refractivity contribution in [3.05, 3.63) is 29.3 Å². The third-order valence-electron chi connectivity index (χ3n) is 3.61. The van der Waals surface area contributed by atoms with Crippen LogP contribution in [0.15, 0.2) is 12.1 Å². The third kappa shape index (κ3) is 3.45. The number of hydrogen-bond acceptors (Lipinski definition) is 3. The molecule has 1 saturated heterocycles. The van der Waals surface area contributed by atoms with E-state index < -0.39 is 23.2 Å². The highest BCUT2D eigenvalue weighted by atomic mass is 19.1. The Hall–Kier alpha value is -1.69. The number of anilines is 1. The summed E-state index contributed by atoms with van der Waals surface area (Å²) in [6.07, 6.45) is 2.15. The van der Waals surface area contributed by atoms with Gasteiger partial charge in [-0.2, -0.15) is 0 Å². The van der Waals surface area contributed by atoms with Crippen molar-refractivity contribution in [2.45, 2.75) is 12.8 Å². The summed E-state index contributed by atoms with van der Waals surface area (Å²) in [5.41, 5.74) is 4.57. The van der Waals surface area contributed by atoms with Gasteiger partial charge in [-0.05, 0) is 44.5 Å². The highest BCUT2D eigenvalue weighted by molar-refractivity contribution is 5.94. The first-order valence-electron chi connectivity index (χ1n) is 6.68. The molecule has 0 radical (unpaired) electrons. The average Bonchev–Trinajstić information content (AvgIpc) is 2.41. The van der Waals surface area contributed by atoms with Crippen LogP contribution in [0, 0.1) is 17.6 Å². The van der Waals surface area contributed by atoms with Gasteiger partial charge >= 0.3 is 0 Å². The lowest BCUT2D eigenvalue weighted by Gasteiger charge is -2.29. The lowest BCUT2D eigenvalue weighted by atomic mass is 9.98. The monoisotopic (exact) mass is 283 g/mol. The number of piperidine rings is 1. The van der Waals surface area contributed by atoms with Crippen LogP contribution in [0.25, 0.3) is 0 Å². The molecular weight excluding hydrogens is 264 g/mol. The Bertz CT molecular complexity index is 484. The van der Waals surface area contributed by atoms with Gasteiger partial charge in [-0.1, -0.05) is 0 Å². The number of nitrogens with one attached hydrogen (secondary N) is 1. The number of amides is 1. The van der Waals surface area contributed by atoms with E-state index in [1.54, 1.807) is 0 Å². The summed E-state index contributed by atoms with van der Waals surface area (Å²) >= 11 is 0. The van der Waals surface area contributed by atoms with Gasteiger partial charge in [0.15, 0.2) is 0 Å². The van der Waals surface area contributed by atoms with E-state index in [1.165, 1.54) is 0 Å². The van der Waals surface area contributed by atoms with Gasteiger partial charge in [0, 0.05) is 18.7 Å². The minimum Gasteiger partial charge on any atom is -0.394 e. The molecule has 1 heterocycles. The minimum atomic E-state index is -0.910. The van der Waals surface area contributed by atoms with Crippen LogP contribution in [0.1, 0.15) is 23.2 Å². The Morgan fingerprint density at radius 3 is 2.70 bits per heavy atom. The van der Waals surface area contributed by atoms with E-state index >= 15 is 0 Å². The second-order valence-corrected chi connectivity index (χ2v) is 5.33. The number of rotatable bonds is 3. The van der Waals surface area contributed by atoms with Crippen LogP contribution in [-0.4, -0.2) is 37.5 Å². The summed E-state index contributed by atoms with van der Waals surface area (Å²) in [5.74, 6) is -1.92. The summed E-state index contributed by atoms with van der Waals surface area (Å²) in [7, 11) is 2.04. The Kier molecular flexibility index (Phi) is 4.54. The molecule has 1 atom stereocenters. The van der Waals surface area contributed by atoms with Crippen molar-refractivity contribution in [1.29, 1.82) is 0 Å². The first-order valence-corrected chi connectivity index (χ1v) is 6.68. The Morgan fingerprint density at radius 1 is 1.45 bits per heavy atom. The standard InChI is InChI=1S/C14H19F2N3O/c1-19-4-2-3-9(8-19)7-18-14(20)10-5-11(15)13(17)12(16)6-10/h5-6,9H,2-4,7-8,17H2,1H3,(H,18,20). The number of nitrogens with zero attached hydrogens (tertiary/aromatic N) is 1. The topological polar surface area (TPSA) is 58.4 Å². The third-order valence-corrected chi connectivity index (χ3v) is 3.61. The maximum Gasteiger partial charge on any atom is 0.251 e. The van der Waals surface area contributed by atoms with Crippen molar-refractivity contribution < 1.29 is 13.6 Å². The maximum absolute atomic E-state index is 13.3. The van der Waals surface area contributed by atoms with Crippen molar-refractivity contribution in [3.63, 3.8) is 0 Å². The Balaban J connectivity index is 1.95. The largest absolute Gasteiger partial charge is 0.394 e. The van der Waals surface area contributed by atoms with Crippen molar-refractivity contribution in [1.82, 2.24) is 10.2 Å². The number of carbonyl (C=O) groups is 1. The van der Waals surface area contributed by atoms with Gasteiger partial charge in [-0.15, -0.1) is 0 Å². The van der Waals surface area contributed by atoms with Crippen molar-refractivity contribution in [3.8, 4) is 0 Å². The van der Waals surface area contributed by atoms with E-state index in [2.05, 4.69) is 10.2 Å². The van der Waals surface area contributed by atoms with Gasteiger partial charge < -0.3 is 16.0 Å². The molecule has 110 valence electrons. The maximum atomic E-state index is 13.3. The number of benzene rings is 1. The predicted octanol–water partition coefficient (Wildman–Crippen LogP) is 1.62. The Morgan fingerprint density at radius 2 is 2.10 bits per heavy atom. The SMILES string of the molecule is CN1CCCC(CNC(=O)c2cc(F)c(N)c(F)c2)C1. The smallest absolute Gasteiger partial charge is 0.251 e. The molecule has 1 fully saturated rings. The van der Waals surface area contributed by atoms with E-state index in [1.807, 2.05) is 7.05 Å². The average molecular weight is 283 g/mol. The first-order chi connectivity index (χ1) is 9.47. The second kappa shape index (κ2) is 6.17. The van der Waals surface area contributed by atoms with Crippen LogP contribution >= 0.6 is 0 Å². The van der Waals surface area contributed by atoms with Crippen molar-refractivity contribution in [2.75, 3.05) is 32.4 Å². The second-order valence-electron chi connectivity index (χ2n) is 5.33. The fourth-order valence-corrected chi connectivity index (χ4v) is 2.49. The molecule has 1 amide bonds. The molecule has 20 heavy (non-hydrogen) atoms. The zero-order valence-electron chi connectivity index (χ0n) is 11.5. The summed E-state index contributed by atoms with van der Waals surface area (Å²) < 4.78 is 26.6. The molecule has 1 aromatic carbocycles. The molecule has 3 N–H and O–H groups in total. The van der Waals surface area contributed by atoms with E-state index in [4.69, 9.17) is 5.73 Å². The minimum absolute atomic E-state index is 0.0432. The Labute approximate surface area is 116 Å². The molecule has 6 heteroatoms. The molecule has 1 aliphatic heterocycles. The molecular formula is C14H19F2N3O. The van der Waals surface area contributed by atoms with Crippen LogP contribution in [0.3, 0.4) is 0 Å². The van der Waals surface area contributed by atoms with E-state index in [0.717, 1.165) is 38.1 Å². The highest BCUT2D eigenvalue weighted by Gasteiger charge is 2.19. The fraction of sp³-hybridized carbons (Fsp3) is 0.500. The zero-order valence-corrected chi connectivity index (χ0v) is 11.5. The molecule has 0 aromatic heterocycles. The van der Waals surface area contributed by atoms with Crippen LogP contribution in [0.2, 0.25) is 0 Å². The lowest BCUT2D eigenvalue weighted by Crippen LogP contribution is -2.39. The van der Waals surface area contributed by atoms with Crippen LogP contribution in [0.4, 0.5) is 14.5 Å². The normalized spacial score (nSPS) is 19.9. The molecule has 1 aliphatic rings. The van der Waals surface area contributed by atoms with Gasteiger partial charge in [0.2, 0.25) is 0 Å². The van der Waals surface area contributed by atoms with Crippen molar-refractivity contribution in [2.24, 2.45) is 5.92 Å². The number of likely N-dealkylation sites (tertiary alicyclic amines) is 1. The summed E-state index contributed by atoms with van der Waals surface area (Å²) in [6, 6.07) is 1.92. The number of nitrogens with two attached hydrogens (primary N) is 1. The number of carbonyl (C=O) groups excluding carboxylic acids is 1. The molecule has 1 aromatic rings. The first kappa shape index (κ1) is 14.7. The van der Waals surface area contributed by atoms with Gasteiger partial charge in [0.05, 0.1) is 0 Å². The van der Waals surface area contributed by atoms with Crippen molar-refractivity contribution >= 4 is 11.6 Å². The lowest BCUT2D eigenvalue weighted by molar-refractivity contribution is 0.0936. The van der Waals surface area contributed by atoms with Gasteiger partial charge in [-0.25, -0.2) is 8.78 Å². The molecule has 0 bridgehead atoms. The summed E-state index contributed by atoms with van der Waals surface area (Å²) in [5, 5.41) is 2.72. The predicted molar refractivity (Wildman–Crippen MR) is 73.3 cm³/mol. The van der Waals surface area contributed by atoms with Crippen LogP contribution in [-0.2, 0) is 0 Å².